The zero-order valence-corrected chi connectivity index (χ0v) is 23.5. The minimum absolute atomic E-state index is 0. The first kappa shape index (κ1) is 30.3. The van der Waals surface area contributed by atoms with Gasteiger partial charge in [0.15, 0.2) is 0 Å². The number of esters is 1. The van der Waals surface area contributed by atoms with E-state index in [1.165, 1.54) is 0 Å². The molecular formula is C16H35BiO4Zn. The summed E-state index contributed by atoms with van der Waals surface area (Å²) in [5.74, 6) is -0.813. The fourth-order valence-corrected chi connectivity index (χ4v) is 1.71. The summed E-state index contributed by atoms with van der Waals surface area (Å²) >= 11 is 0. The van der Waals surface area contributed by atoms with Crippen molar-refractivity contribution in [3.63, 3.8) is 0 Å². The van der Waals surface area contributed by atoms with Crippen molar-refractivity contribution in [2.75, 3.05) is 6.61 Å². The Morgan fingerprint density at radius 3 is 1.91 bits per heavy atom. The summed E-state index contributed by atoms with van der Waals surface area (Å²) < 4.78 is 4.75. The van der Waals surface area contributed by atoms with Crippen LogP contribution in [0, 0.1) is 5.92 Å². The second-order valence-corrected chi connectivity index (χ2v) is 4.85. The third-order valence-corrected chi connectivity index (χ3v) is 3.04. The molecule has 0 aromatic carbocycles. The molecule has 0 aliphatic rings. The Labute approximate surface area is 168 Å². The van der Waals surface area contributed by atoms with Gasteiger partial charge >= 0.3 is 38.1 Å². The Morgan fingerprint density at radius 1 is 1.00 bits per heavy atom. The average molecular weight is 566 g/mol. The average Bonchev–Trinajstić information content (AvgIpc) is 2.40. The van der Waals surface area contributed by atoms with Crippen LogP contribution in [0.2, 0.25) is 0 Å². The summed E-state index contributed by atoms with van der Waals surface area (Å²) in [5.41, 5.74) is 0. The summed E-state index contributed by atoms with van der Waals surface area (Å²) in [5, 5.41) is 8.60. The van der Waals surface area contributed by atoms with Gasteiger partial charge in [0.25, 0.3) is 0 Å². The first-order chi connectivity index (χ1) is 9.53. The first-order valence-corrected chi connectivity index (χ1v) is 7.91. The summed E-state index contributed by atoms with van der Waals surface area (Å²) in [4.78, 5) is 21.1. The van der Waals surface area contributed by atoms with Crippen molar-refractivity contribution >= 4 is 38.1 Å². The van der Waals surface area contributed by atoms with Gasteiger partial charge in [0, 0.05) is 25.9 Å². The van der Waals surface area contributed by atoms with E-state index in [4.69, 9.17) is 9.84 Å². The van der Waals surface area contributed by atoms with Gasteiger partial charge in [0.2, 0.25) is 0 Å². The molecule has 4 nitrogen and oxygen atoms in total. The molecule has 1 atom stereocenters. The van der Waals surface area contributed by atoms with E-state index < -0.39 is 5.97 Å². The molecule has 1 N–H and O–H groups in total. The smallest absolute Gasteiger partial charge is 0 e. The van der Waals surface area contributed by atoms with E-state index in [0.717, 1.165) is 44.9 Å². The maximum absolute atomic E-state index is 10.7. The van der Waals surface area contributed by atoms with Crippen LogP contribution in [0.15, 0.2) is 0 Å². The molecule has 1 unspecified atom stereocenters. The summed E-state index contributed by atoms with van der Waals surface area (Å²) in [6.45, 7) is 8.46. The van der Waals surface area contributed by atoms with Gasteiger partial charge in [-0.05, 0) is 26.2 Å². The number of carbonyl (C=O) groups is 2. The van der Waals surface area contributed by atoms with Crippen LogP contribution in [0.4, 0.5) is 0 Å². The molecule has 130 valence electrons. The fraction of sp³-hybridized carbons (Fsp3) is 0.875. The maximum Gasteiger partial charge on any atom is 0 e. The molecule has 0 saturated heterocycles. The van der Waals surface area contributed by atoms with Crippen molar-refractivity contribution in [2.45, 2.75) is 79.1 Å². The summed E-state index contributed by atoms with van der Waals surface area (Å²) in [7, 11) is 0. The second-order valence-electron chi connectivity index (χ2n) is 4.85. The van der Waals surface area contributed by atoms with Gasteiger partial charge in [-0.1, -0.05) is 46.5 Å². The largest absolute Gasteiger partial charge is 0 e. The van der Waals surface area contributed by atoms with Crippen molar-refractivity contribution < 1.29 is 38.9 Å². The van der Waals surface area contributed by atoms with E-state index in [1.54, 1.807) is 0 Å². The molecule has 0 radical (unpaired) electrons. The normalized spacial score (nSPS) is 10.2. The van der Waals surface area contributed by atoms with E-state index >= 15 is 0 Å². The van der Waals surface area contributed by atoms with Gasteiger partial charge in [0.05, 0.1) is 12.5 Å². The van der Waals surface area contributed by atoms with Crippen LogP contribution in [-0.2, 0) is 33.8 Å². The number of rotatable bonds is 10. The van der Waals surface area contributed by atoms with Gasteiger partial charge in [0.1, 0.15) is 0 Å². The molecule has 0 aromatic rings. The van der Waals surface area contributed by atoms with Crippen molar-refractivity contribution in [1.29, 1.82) is 0 Å². The molecule has 0 aliphatic heterocycles. The minimum atomic E-state index is -0.643. The van der Waals surface area contributed by atoms with Crippen LogP contribution in [0.5, 0.6) is 0 Å². The molecule has 0 amide bonds. The van der Waals surface area contributed by atoms with Crippen LogP contribution < -0.4 is 0 Å². The number of hydrogen-bond acceptors (Lipinski definition) is 3. The summed E-state index contributed by atoms with van der Waals surface area (Å²) in [6.07, 6.45) is 7.54. The van der Waals surface area contributed by atoms with Gasteiger partial charge in [-0.2, -0.15) is 0 Å². The van der Waals surface area contributed by atoms with Crippen molar-refractivity contribution in [3.8, 4) is 0 Å². The number of carboxylic acid groups (broad SMARTS) is 1. The van der Waals surface area contributed by atoms with Gasteiger partial charge in [-0.25, -0.2) is 0 Å². The number of aliphatic carboxylic acids is 1. The Kier molecular flexibility index (Phi) is 32.7. The zero-order chi connectivity index (χ0) is 15.8. The molecule has 0 aromatic heterocycles. The number of carboxylic acids is 1. The Hall–Kier alpha value is 0.446. The molecule has 0 bridgehead atoms. The molecule has 22 heavy (non-hydrogen) atoms. The zero-order valence-electron chi connectivity index (χ0n) is 15.0. The molecule has 0 fully saturated rings. The second kappa shape index (κ2) is 23.7. The summed E-state index contributed by atoms with van der Waals surface area (Å²) in [6, 6.07) is 0. The number of unbranched alkanes of at least 4 members (excludes halogenated alkanes) is 3. The number of carbonyl (C=O) groups excluding carboxylic acids is 1. The maximum atomic E-state index is 10.7. The van der Waals surface area contributed by atoms with Gasteiger partial charge in [-0.15, -0.1) is 0 Å². The van der Waals surface area contributed by atoms with E-state index in [1.807, 2.05) is 13.8 Å². The third kappa shape index (κ3) is 22.7. The quantitative estimate of drug-likeness (QED) is 0.251. The van der Waals surface area contributed by atoms with Crippen LogP contribution >= 0.6 is 0 Å². The molecule has 0 heterocycles. The third-order valence-electron chi connectivity index (χ3n) is 3.04. The van der Waals surface area contributed by atoms with E-state index in [2.05, 4.69) is 13.8 Å². The van der Waals surface area contributed by atoms with Gasteiger partial charge in [-0.3, -0.25) is 9.59 Å². The molecule has 0 spiro atoms. The topological polar surface area (TPSA) is 63.6 Å². The van der Waals surface area contributed by atoms with E-state index in [0.29, 0.717) is 13.0 Å². The SMILES string of the molecule is CCCCC(CC)C(=O)O.CCCCCC(=O)OCC.[BiH3].[Zn]. The van der Waals surface area contributed by atoms with Crippen molar-refractivity contribution in [3.05, 3.63) is 0 Å². The fourth-order valence-electron chi connectivity index (χ4n) is 1.71. The number of hydrogen-bond donors (Lipinski definition) is 1. The van der Waals surface area contributed by atoms with Crippen LogP contribution in [0.1, 0.15) is 79.1 Å². The number of ether oxygens (including phenoxy) is 1. The standard InChI is InChI=1S/2C8H16O2.Bi.Zn.3H/c1-3-5-6-7-8(9)10-4-2;1-3-5-6-7(4-2)8(9)10;;;;;/h3-7H2,1-2H3;7H,3-6H2,1-2H3,(H,9,10);;;;;. The van der Waals surface area contributed by atoms with E-state index in [-0.39, 0.29) is 57.6 Å². The molecule has 0 saturated carbocycles. The van der Waals surface area contributed by atoms with Crippen LogP contribution in [0.3, 0.4) is 0 Å². The molecule has 0 aliphatic carbocycles. The molecular weight excluding hydrogens is 531 g/mol. The van der Waals surface area contributed by atoms with Crippen LogP contribution in [0.25, 0.3) is 0 Å². The first-order valence-electron chi connectivity index (χ1n) is 7.91. The predicted molar refractivity (Wildman–Crippen MR) is 91.7 cm³/mol. The Balaban J connectivity index is -0.000000135. The van der Waals surface area contributed by atoms with Gasteiger partial charge < -0.3 is 9.84 Å². The molecule has 0 rings (SSSR count). The molecule has 6 heteroatoms. The van der Waals surface area contributed by atoms with Crippen LogP contribution in [-0.4, -0.2) is 49.9 Å². The van der Waals surface area contributed by atoms with Crippen molar-refractivity contribution in [1.82, 2.24) is 0 Å². The van der Waals surface area contributed by atoms with Crippen molar-refractivity contribution in [2.24, 2.45) is 5.92 Å². The Bertz CT molecular complexity index is 248. The monoisotopic (exact) mass is 564 g/mol. The van der Waals surface area contributed by atoms with E-state index in [9.17, 15) is 9.59 Å². The minimum Gasteiger partial charge on any atom is 0 e. The predicted octanol–water partition coefficient (Wildman–Crippen LogP) is 3.23. The Morgan fingerprint density at radius 2 is 1.55 bits per heavy atom.